The van der Waals surface area contributed by atoms with Crippen molar-refractivity contribution in [1.82, 2.24) is 9.80 Å². The van der Waals surface area contributed by atoms with E-state index in [1.165, 1.54) is 6.42 Å². The summed E-state index contributed by atoms with van der Waals surface area (Å²) in [7, 11) is 2.13. The molecule has 0 amide bonds. The van der Waals surface area contributed by atoms with E-state index in [1.54, 1.807) is 0 Å². The van der Waals surface area contributed by atoms with E-state index in [4.69, 9.17) is 0 Å². The first-order valence-corrected chi connectivity index (χ1v) is 3.95. The molecule has 10 heavy (non-hydrogen) atoms. The van der Waals surface area contributed by atoms with E-state index in [0.29, 0.717) is 6.17 Å². The third-order valence-electron chi connectivity index (χ3n) is 2.08. The van der Waals surface area contributed by atoms with E-state index in [9.17, 15) is 0 Å². The highest BCUT2D eigenvalue weighted by Gasteiger charge is 2.18. The van der Waals surface area contributed by atoms with Crippen LogP contribution in [-0.4, -0.2) is 29.6 Å². The van der Waals surface area contributed by atoms with E-state index < -0.39 is 0 Å². The second-order valence-electron chi connectivity index (χ2n) is 2.68. The van der Waals surface area contributed by atoms with Crippen LogP contribution in [0.4, 0.5) is 0 Å². The Bertz CT molecular complexity index is 131. The Morgan fingerprint density at radius 3 is 2.40 bits per heavy atom. The van der Waals surface area contributed by atoms with Crippen molar-refractivity contribution in [2.45, 2.75) is 26.4 Å². The fraction of sp³-hybridized carbons (Fsp3) is 0.750. The van der Waals surface area contributed by atoms with Crippen molar-refractivity contribution >= 4 is 0 Å². The number of rotatable bonds is 2. The SMILES string of the molecule is CCC1N(C)C=CN1CC. The van der Waals surface area contributed by atoms with Crippen LogP contribution in [0.1, 0.15) is 20.3 Å². The minimum Gasteiger partial charge on any atom is -0.359 e. The molecule has 2 heteroatoms. The maximum Gasteiger partial charge on any atom is 0.100 e. The van der Waals surface area contributed by atoms with Crippen LogP contribution in [0.15, 0.2) is 12.4 Å². The third-order valence-corrected chi connectivity index (χ3v) is 2.08. The summed E-state index contributed by atoms with van der Waals surface area (Å²) in [6.07, 6.45) is 6.09. The Labute approximate surface area is 63.1 Å². The zero-order chi connectivity index (χ0) is 7.56. The Hall–Kier alpha value is -0.660. The molecule has 0 aliphatic carbocycles. The molecule has 1 heterocycles. The monoisotopic (exact) mass is 140 g/mol. The summed E-state index contributed by atoms with van der Waals surface area (Å²) in [4.78, 5) is 4.60. The average molecular weight is 140 g/mol. The van der Waals surface area contributed by atoms with Gasteiger partial charge in [-0.3, -0.25) is 0 Å². The van der Waals surface area contributed by atoms with Gasteiger partial charge in [0, 0.05) is 26.0 Å². The van der Waals surface area contributed by atoms with Gasteiger partial charge in [0.2, 0.25) is 0 Å². The third kappa shape index (κ3) is 1.11. The predicted octanol–water partition coefficient (Wildman–Crippen LogP) is 1.46. The molecule has 0 aromatic heterocycles. The van der Waals surface area contributed by atoms with Gasteiger partial charge < -0.3 is 9.80 Å². The summed E-state index contributed by atoms with van der Waals surface area (Å²) < 4.78 is 0. The molecule has 0 spiro atoms. The Balaban J connectivity index is 2.53. The summed E-state index contributed by atoms with van der Waals surface area (Å²) >= 11 is 0. The summed E-state index contributed by atoms with van der Waals surface area (Å²) in [6, 6.07) is 0. The van der Waals surface area contributed by atoms with Crippen LogP contribution >= 0.6 is 0 Å². The molecule has 0 aromatic rings. The fourth-order valence-electron chi connectivity index (χ4n) is 1.46. The molecule has 1 aliphatic heterocycles. The smallest absolute Gasteiger partial charge is 0.100 e. The van der Waals surface area contributed by atoms with Gasteiger partial charge in [-0.25, -0.2) is 0 Å². The summed E-state index contributed by atoms with van der Waals surface area (Å²) in [5, 5.41) is 0. The first-order valence-electron chi connectivity index (χ1n) is 3.95. The maximum absolute atomic E-state index is 2.35. The summed E-state index contributed by atoms with van der Waals surface area (Å²) in [5.74, 6) is 0. The van der Waals surface area contributed by atoms with Gasteiger partial charge in [0.25, 0.3) is 0 Å². The van der Waals surface area contributed by atoms with Crippen molar-refractivity contribution in [2.75, 3.05) is 13.6 Å². The molecular formula is C8H16N2. The van der Waals surface area contributed by atoms with Gasteiger partial charge in [0.15, 0.2) is 0 Å². The molecule has 2 nitrogen and oxygen atoms in total. The minimum absolute atomic E-state index is 0.602. The molecule has 1 rings (SSSR count). The van der Waals surface area contributed by atoms with Crippen molar-refractivity contribution in [3.63, 3.8) is 0 Å². The van der Waals surface area contributed by atoms with Gasteiger partial charge in [-0.15, -0.1) is 0 Å². The van der Waals surface area contributed by atoms with Gasteiger partial charge in [-0.1, -0.05) is 6.92 Å². The molecule has 0 fully saturated rings. The molecule has 1 aliphatic rings. The van der Waals surface area contributed by atoms with Crippen molar-refractivity contribution in [3.8, 4) is 0 Å². The number of nitrogens with zero attached hydrogens (tertiary/aromatic N) is 2. The van der Waals surface area contributed by atoms with E-state index in [-0.39, 0.29) is 0 Å². The standard InChI is InChI=1S/C8H16N2/c1-4-8-9(3)6-7-10(8)5-2/h6-8H,4-5H2,1-3H3. The molecule has 58 valence electrons. The van der Waals surface area contributed by atoms with Crippen LogP contribution in [-0.2, 0) is 0 Å². The van der Waals surface area contributed by atoms with Gasteiger partial charge in [0.05, 0.1) is 0 Å². The lowest BCUT2D eigenvalue weighted by Gasteiger charge is -2.28. The second-order valence-corrected chi connectivity index (χ2v) is 2.68. The highest BCUT2D eigenvalue weighted by atomic mass is 15.4. The second kappa shape index (κ2) is 2.95. The van der Waals surface area contributed by atoms with Crippen molar-refractivity contribution < 1.29 is 0 Å². The van der Waals surface area contributed by atoms with Gasteiger partial charge >= 0.3 is 0 Å². The highest BCUT2D eigenvalue weighted by molar-refractivity contribution is 4.94. The molecule has 1 atom stereocenters. The Morgan fingerprint density at radius 1 is 1.30 bits per heavy atom. The van der Waals surface area contributed by atoms with E-state index in [0.717, 1.165) is 6.54 Å². The molecule has 1 unspecified atom stereocenters. The van der Waals surface area contributed by atoms with Crippen LogP contribution in [0.5, 0.6) is 0 Å². The fourth-order valence-corrected chi connectivity index (χ4v) is 1.46. The number of hydrogen-bond acceptors (Lipinski definition) is 2. The van der Waals surface area contributed by atoms with E-state index in [1.807, 2.05) is 0 Å². The summed E-state index contributed by atoms with van der Waals surface area (Å²) in [5.41, 5.74) is 0. The molecule has 0 saturated heterocycles. The first kappa shape index (κ1) is 7.45. The predicted molar refractivity (Wildman–Crippen MR) is 43.4 cm³/mol. The van der Waals surface area contributed by atoms with Gasteiger partial charge in [0.1, 0.15) is 6.17 Å². The Morgan fingerprint density at radius 2 is 2.00 bits per heavy atom. The van der Waals surface area contributed by atoms with E-state index in [2.05, 4.69) is 43.1 Å². The maximum atomic E-state index is 2.35. The molecule has 0 aromatic carbocycles. The topological polar surface area (TPSA) is 6.48 Å². The summed E-state index contributed by atoms with van der Waals surface area (Å²) in [6.45, 7) is 5.52. The van der Waals surface area contributed by atoms with Crippen LogP contribution in [0.2, 0.25) is 0 Å². The molecule has 0 bridgehead atoms. The van der Waals surface area contributed by atoms with Crippen LogP contribution < -0.4 is 0 Å². The average Bonchev–Trinajstić information content (AvgIpc) is 2.30. The van der Waals surface area contributed by atoms with E-state index >= 15 is 0 Å². The molecule has 0 saturated carbocycles. The van der Waals surface area contributed by atoms with Crippen LogP contribution in [0.25, 0.3) is 0 Å². The molecular weight excluding hydrogens is 124 g/mol. The van der Waals surface area contributed by atoms with Gasteiger partial charge in [-0.05, 0) is 13.3 Å². The zero-order valence-electron chi connectivity index (χ0n) is 7.04. The zero-order valence-corrected chi connectivity index (χ0v) is 7.04. The number of hydrogen-bond donors (Lipinski definition) is 0. The normalized spacial score (nSPS) is 24.5. The quantitative estimate of drug-likeness (QED) is 0.573. The first-order chi connectivity index (χ1) is 4.79. The molecule has 0 N–H and O–H groups in total. The van der Waals surface area contributed by atoms with Crippen molar-refractivity contribution in [2.24, 2.45) is 0 Å². The lowest BCUT2D eigenvalue weighted by atomic mass is 10.3. The van der Waals surface area contributed by atoms with Crippen LogP contribution in [0, 0.1) is 0 Å². The van der Waals surface area contributed by atoms with Crippen molar-refractivity contribution in [1.29, 1.82) is 0 Å². The van der Waals surface area contributed by atoms with Gasteiger partial charge in [-0.2, -0.15) is 0 Å². The lowest BCUT2D eigenvalue weighted by molar-refractivity contribution is 0.178. The lowest BCUT2D eigenvalue weighted by Crippen LogP contribution is -2.35. The highest BCUT2D eigenvalue weighted by Crippen LogP contribution is 2.15. The molecule has 0 radical (unpaired) electrons. The van der Waals surface area contributed by atoms with Crippen molar-refractivity contribution in [3.05, 3.63) is 12.4 Å². The largest absolute Gasteiger partial charge is 0.359 e. The minimum atomic E-state index is 0.602. The van der Waals surface area contributed by atoms with Crippen LogP contribution in [0.3, 0.4) is 0 Å². The Kier molecular flexibility index (Phi) is 2.20.